The molecule has 0 unspecified atom stereocenters. The average molecular weight is 570 g/mol. The second kappa shape index (κ2) is 12.0. The molecule has 4 aromatic carbocycles. The van der Waals surface area contributed by atoms with E-state index in [0.717, 1.165) is 21.0 Å². The Hall–Kier alpha value is -4.43. The summed E-state index contributed by atoms with van der Waals surface area (Å²) in [6, 6.07) is 27.6. The van der Waals surface area contributed by atoms with Crippen molar-refractivity contribution in [3.63, 3.8) is 0 Å². The lowest BCUT2D eigenvalue weighted by Gasteiger charge is -2.26. The fraction of sp³-hybridized carbons (Fsp3) is 0.212. The van der Waals surface area contributed by atoms with Crippen LogP contribution in [0.15, 0.2) is 102 Å². The summed E-state index contributed by atoms with van der Waals surface area (Å²) in [5.41, 5.74) is 4.65. The van der Waals surface area contributed by atoms with Crippen molar-refractivity contribution in [1.29, 1.82) is 0 Å². The van der Waals surface area contributed by atoms with Crippen LogP contribution in [0.3, 0.4) is 0 Å². The molecule has 0 spiro atoms. The van der Waals surface area contributed by atoms with Crippen LogP contribution in [0.25, 0.3) is 0 Å². The van der Waals surface area contributed by atoms with Crippen LogP contribution >= 0.6 is 0 Å². The third-order valence-electron chi connectivity index (χ3n) is 6.88. The number of aryl methyl sites for hydroxylation is 1. The fourth-order valence-electron chi connectivity index (χ4n) is 4.36. The number of carbonyl (C=O) groups is 2. The van der Waals surface area contributed by atoms with E-state index in [1.807, 2.05) is 32.0 Å². The highest BCUT2D eigenvalue weighted by Gasteiger charge is 2.28. The fourth-order valence-corrected chi connectivity index (χ4v) is 5.86. The predicted octanol–water partition coefficient (Wildman–Crippen LogP) is 6.69. The van der Waals surface area contributed by atoms with Crippen molar-refractivity contribution >= 4 is 38.9 Å². The summed E-state index contributed by atoms with van der Waals surface area (Å²) >= 11 is 0. The first-order valence-electron chi connectivity index (χ1n) is 13.3. The Morgan fingerprint density at radius 3 is 2.00 bits per heavy atom. The van der Waals surface area contributed by atoms with Crippen molar-refractivity contribution in [1.82, 2.24) is 0 Å². The van der Waals surface area contributed by atoms with Crippen molar-refractivity contribution < 1.29 is 18.0 Å². The summed E-state index contributed by atoms with van der Waals surface area (Å²) < 4.78 is 28.5. The quantitative estimate of drug-likeness (QED) is 0.247. The molecule has 2 N–H and O–H groups in total. The molecule has 0 aliphatic heterocycles. The van der Waals surface area contributed by atoms with E-state index in [9.17, 15) is 18.0 Å². The second-order valence-corrected chi connectivity index (χ2v) is 12.8. The number of anilines is 3. The number of carbonyl (C=O) groups excluding carboxylic acids is 2. The van der Waals surface area contributed by atoms with Crippen LogP contribution in [0.1, 0.15) is 47.8 Å². The largest absolute Gasteiger partial charge is 0.324 e. The minimum atomic E-state index is -4.03. The number of sulfonamides is 1. The first kappa shape index (κ1) is 29.6. The van der Waals surface area contributed by atoms with Crippen LogP contribution < -0.4 is 14.9 Å². The molecular formula is C33H35N3O4S. The van der Waals surface area contributed by atoms with Gasteiger partial charge in [-0.2, -0.15) is 0 Å². The molecule has 8 heteroatoms. The highest BCUT2D eigenvalue weighted by atomic mass is 32.2. The Balaban J connectivity index is 1.53. The summed E-state index contributed by atoms with van der Waals surface area (Å²) in [6.07, 6.45) is 0. The van der Waals surface area contributed by atoms with Crippen LogP contribution in [0.4, 0.5) is 17.1 Å². The summed E-state index contributed by atoms with van der Waals surface area (Å²) in [5, 5.41) is 5.64. The molecule has 0 atom stereocenters. The monoisotopic (exact) mass is 569 g/mol. The number of amides is 2. The zero-order chi connectivity index (χ0) is 29.8. The van der Waals surface area contributed by atoms with Gasteiger partial charge in [-0.3, -0.25) is 13.9 Å². The van der Waals surface area contributed by atoms with E-state index in [1.54, 1.807) is 66.7 Å². The van der Waals surface area contributed by atoms with Crippen LogP contribution in [0.5, 0.6) is 0 Å². The molecule has 0 bridgehead atoms. The Kier molecular flexibility index (Phi) is 8.63. The topological polar surface area (TPSA) is 95.6 Å². The highest BCUT2D eigenvalue weighted by molar-refractivity contribution is 7.92. The maximum Gasteiger partial charge on any atom is 0.264 e. The van der Waals surface area contributed by atoms with E-state index in [4.69, 9.17) is 0 Å². The minimum absolute atomic E-state index is 0.0183. The lowest BCUT2D eigenvalue weighted by molar-refractivity contribution is -0.114. The first-order chi connectivity index (χ1) is 19.4. The molecule has 0 aromatic heterocycles. The lowest BCUT2D eigenvalue weighted by atomic mass is 9.87. The molecule has 0 aliphatic rings. The van der Waals surface area contributed by atoms with E-state index in [2.05, 4.69) is 31.4 Å². The van der Waals surface area contributed by atoms with Crippen LogP contribution in [-0.2, 0) is 20.2 Å². The predicted molar refractivity (Wildman–Crippen MR) is 165 cm³/mol. The Bertz CT molecular complexity index is 1660. The van der Waals surface area contributed by atoms with Crippen molar-refractivity contribution in [2.24, 2.45) is 0 Å². The molecule has 0 fully saturated rings. The van der Waals surface area contributed by atoms with Crippen molar-refractivity contribution in [2.45, 2.75) is 44.9 Å². The molecule has 0 radical (unpaired) electrons. The molecule has 0 saturated heterocycles. The Labute approximate surface area is 242 Å². The van der Waals surface area contributed by atoms with E-state index >= 15 is 0 Å². The standard InChI is InChI=1S/C33H35N3O4S/c1-23-11-9-16-30(24(23)2)36(41(39,40)29-14-7-6-8-15-29)22-31(37)34-27-12-10-13-28(21-27)35-32(38)25-17-19-26(20-18-25)33(3,4)5/h6-21H,22H2,1-5H3,(H,34,37)(H,35,38). The number of hydrogen-bond donors (Lipinski definition) is 2. The van der Waals surface area contributed by atoms with Crippen molar-refractivity contribution in [2.75, 3.05) is 21.5 Å². The summed E-state index contributed by atoms with van der Waals surface area (Å²) in [4.78, 5) is 26.2. The number of nitrogens with zero attached hydrogens (tertiary/aromatic N) is 1. The first-order valence-corrected chi connectivity index (χ1v) is 14.8. The zero-order valence-electron chi connectivity index (χ0n) is 23.9. The molecule has 2 amide bonds. The van der Waals surface area contributed by atoms with Gasteiger partial charge in [-0.15, -0.1) is 0 Å². The average Bonchev–Trinajstić information content (AvgIpc) is 2.93. The van der Waals surface area contributed by atoms with Gasteiger partial charge >= 0.3 is 0 Å². The molecule has 4 rings (SSSR count). The molecule has 0 heterocycles. The summed E-state index contributed by atoms with van der Waals surface area (Å²) in [7, 11) is -4.03. The van der Waals surface area contributed by atoms with Gasteiger partial charge in [-0.05, 0) is 84.5 Å². The van der Waals surface area contributed by atoms with Crippen LogP contribution in [-0.4, -0.2) is 26.8 Å². The number of benzene rings is 4. The Morgan fingerprint density at radius 2 is 1.37 bits per heavy atom. The van der Waals surface area contributed by atoms with Gasteiger partial charge in [0.15, 0.2) is 0 Å². The lowest BCUT2D eigenvalue weighted by Crippen LogP contribution is -2.38. The molecule has 212 valence electrons. The third kappa shape index (κ3) is 7.02. The molecule has 0 saturated carbocycles. The van der Waals surface area contributed by atoms with Gasteiger partial charge in [-0.1, -0.05) is 69.3 Å². The zero-order valence-corrected chi connectivity index (χ0v) is 24.7. The smallest absolute Gasteiger partial charge is 0.264 e. The number of nitrogens with one attached hydrogen (secondary N) is 2. The minimum Gasteiger partial charge on any atom is -0.324 e. The van der Waals surface area contributed by atoms with E-state index in [0.29, 0.717) is 22.6 Å². The van der Waals surface area contributed by atoms with Gasteiger partial charge in [0.1, 0.15) is 6.54 Å². The SMILES string of the molecule is Cc1cccc(N(CC(=O)Nc2cccc(NC(=O)c3ccc(C(C)(C)C)cc3)c2)S(=O)(=O)c2ccccc2)c1C. The maximum absolute atomic E-state index is 13.7. The van der Waals surface area contributed by atoms with Crippen molar-refractivity contribution in [3.8, 4) is 0 Å². The van der Waals surface area contributed by atoms with Crippen molar-refractivity contribution in [3.05, 3.63) is 119 Å². The van der Waals surface area contributed by atoms with E-state index < -0.39 is 22.5 Å². The van der Waals surface area contributed by atoms with Gasteiger partial charge in [0, 0.05) is 16.9 Å². The van der Waals surface area contributed by atoms with Crippen LogP contribution in [0.2, 0.25) is 0 Å². The molecule has 0 aliphatic carbocycles. The van der Waals surface area contributed by atoms with E-state index in [-0.39, 0.29) is 16.2 Å². The van der Waals surface area contributed by atoms with Gasteiger partial charge in [0.05, 0.1) is 10.6 Å². The summed E-state index contributed by atoms with van der Waals surface area (Å²) in [6.45, 7) is 9.63. The third-order valence-corrected chi connectivity index (χ3v) is 8.65. The van der Waals surface area contributed by atoms with Crippen LogP contribution in [0, 0.1) is 13.8 Å². The molecule has 41 heavy (non-hydrogen) atoms. The molecule has 4 aromatic rings. The van der Waals surface area contributed by atoms with Gasteiger partial charge in [-0.25, -0.2) is 8.42 Å². The highest BCUT2D eigenvalue weighted by Crippen LogP contribution is 2.29. The van der Waals surface area contributed by atoms with E-state index in [1.165, 1.54) is 12.1 Å². The summed E-state index contributed by atoms with van der Waals surface area (Å²) in [5.74, 6) is -0.796. The van der Waals surface area contributed by atoms with Gasteiger partial charge in [0.25, 0.3) is 15.9 Å². The Morgan fingerprint density at radius 1 is 0.756 bits per heavy atom. The number of rotatable bonds is 8. The maximum atomic E-state index is 13.7. The molecule has 7 nitrogen and oxygen atoms in total. The van der Waals surface area contributed by atoms with Gasteiger partial charge < -0.3 is 10.6 Å². The number of hydrogen-bond acceptors (Lipinski definition) is 4. The normalized spacial score (nSPS) is 11.5. The molecular weight excluding hydrogens is 534 g/mol. The second-order valence-electron chi connectivity index (χ2n) is 11.0. The van der Waals surface area contributed by atoms with Gasteiger partial charge in [0.2, 0.25) is 5.91 Å².